The van der Waals surface area contributed by atoms with Crippen molar-refractivity contribution in [3.8, 4) is 0 Å². The molecule has 2 rings (SSSR count). The van der Waals surface area contributed by atoms with Crippen LogP contribution in [0.3, 0.4) is 0 Å². The predicted octanol–water partition coefficient (Wildman–Crippen LogP) is 1.28. The number of rotatable bonds is 3. The number of halogens is 1. The molecule has 0 unspecified atom stereocenters. The first-order valence-electron chi connectivity index (χ1n) is 6.51. The molecule has 1 amide bonds. The number of carbonyl (C=O) groups excluding carboxylic acids is 1. The van der Waals surface area contributed by atoms with Crippen molar-refractivity contribution in [2.75, 3.05) is 38.0 Å². The van der Waals surface area contributed by atoms with Gasteiger partial charge in [0.25, 0.3) is 0 Å². The van der Waals surface area contributed by atoms with E-state index < -0.39 is 0 Å². The van der Waals surface area contributed by atoms with Crippen molar-refractivity contribution in [1.29, 1.82) is 0 Å². The second-order valence-corrected chi connectivity index (χ2v) is 5.08. The molecule has 5 nitrogen and oxygen atoms in total. The first-order valence-corrected chi connectivity index (χ1v) is 6.88. The molecule has 0 atom stereocenters. The lowest BCUT2D eigenvalue weighted by Gasteiger charge is -2.19. The summed E-state index contributed by atoms with van der Waals surface area (Å²) in [6.45, 7) is 6.09. The predicted molar refractivity (Wildman–Crippen MR) is 76.5 cm³/mol. The molecule has 1 fully saturated rings. The average Bonchev–Trinajstić information content (AvgIpc) is 2.63. The van der Waals surface area contributed by atoms with E-state index in [1.54, 1.807) is 6.20 Å². The summed E-state index contributed by atoms with van der Waals surface area (Å²) in [6, 6.07) is 1.83. The Hall–Kier alpha value is -1.17. The molecule has 19 heavy (non-hydrogen) atoms. The fourth-order valence-corrected chi connectivity index (χ4v) is 2.37. The lowest BCUT2D eigenvalue weighted by Crippen LogP contribution is -2.35. The average molecular weight is 283 g/mol. The molecule has 1 aliphatic heterocycles. The van der Waals surface area contributed by atoms with Crippen molar-refractivity contribution >= 4 is 23.2 Å². The van der Waals surface area contributed by atoms with Crippen molar-refractivity contribution < 1.29 is 4.79 Å². The molecule has 0 aliphatic carbocycles. The highest BCUT2D eigenvalue weighted by Crippen LogP contribution is 2.22. The quantitative estimate of drug-likeness (QED) is 0.820. The van der Waals surface area contributed by atoms with E-state index >= 15 is 0 Å². The molecule has 1 aromatic heterocycles. The Bertz CT molecular complexity index is 424. The molecule has 0 saturated carbocycles. The van der Waals surface area contributed by atoms with Crippen LogP contribution in [0.2, 0.25) is 5.15 Å². The minimum Gasteiger partial charge on any atom is -0.322 e. The van der Waals surface area contributed by atoms with Crippen molar-refractivity contribution in [3.63, 3.8) is 0 Å². The maximum absolute atomic E-state index is 12.0. The van der Waals surface area contributed by atoms with Crippen LogP contribution in [-0.4, -0.2) is 48.5 Å². The van der Waals surface area contributed by atoms with Gasteiger partial charge in [-0.15, -0.1) is 0 Å². The van der Waals surface area contributed by atoms with Crippen molar-refractivity contribution in [3.05, 3.63) is 23.0 Å². The van der Waals surface area contributed by atoms with Crippen LogP contribution in [0.25, 0.3) is 0 Å². The monoisotopic (exact) mass is 282 g/mol. The molecule has 0 spiro atoms. The zero-order chi connectivity index (χ0) is 13.7. The number of anilines is 1. The second kappa shape index (κ2) is 6.84. The van der Waals surface area contributed by atoms with Crippen LogP contribution in [-0.2, 0) is 4.79 Å². The largest absolute Gasteiger partial charge is 0.322 e. The van der Waals surface area contributed by atoms with Crippen LogP contribution in [0.5, 0.6) is 0 Å². The molecule has 6 heteroatoms. The minimum atomic E-state index is -0.0418. The maximum Gasteiger partial charge on any atom is 0.238 e. The number of hydrogen-bond acceptors (Lipinski definition) is 4. The lowest BCUT2D eigenvalue weighted by atomic mass is 10.2. The summed E-state index contributed by atoms with van der Waals surface area (Å²) >= 11 is 5.99. The standard InChI is InChI=1S/C13H19ClN4O/c1-10-3-5-16-13(14)12(10)17-11(19)9-18-7-2-4-15-6-8-18/h3,5,15H,2,4,6-9H2,1H3,(H,17,19). The van der Waals surface area contributed by atoms with Crippen LogP contribution in [0.4, 0.5) is 5.69 Å². The third-order valence-electron chi connectivity index (χ3n) is 3.18. The Labute approximate surface area is 118 Å². The van der Waals surface area contributed by atoms with Gasteiger partial charge >= 0.3 is 0 Å². The smallest absolute Gasteiger partial charge is 0.238 e. The van der Waals surface area contributed by atoms with Gasteiger partial charge in [0, 0.05) is 19.3 Å². The fraction of sp³-hybridized carbons (Fsp3) is 0.538. The molecule has 0 bridgehead atoms. The first kappa shape index (κ1) is 14.2. The maximum atomic E-state index is 12.0. The summed E-state index contributed by atoms with van der Waals surface area (Å²) in [4.78, 5) is 18.2. The van der Waals surface area contributed by atoms with Gasteiger partial charge in [-0.1, -0.05) is 11.6 Å². The molecule has 0 radical (unpaired) electrons. The number of nitrogens with zero attached hydrogens (tertiary/aromatic N) is 2. The van der Waals surface area contributed by atoms with E-state index in [0.29, 0.717) is 17.4 Å². The van der Waals surface area contributed by atoms with Gasteiger partial charge in [0.05, 0.1) is 12.2 Å². The highest BCUT2D eigenvalue weighted by atomic mass is 35.5. The van der Waals surface area contributed by atoms with E-state index in [1.807, 2.05) is 13.0 Å². The van der Waals surface area contributed by atoms with Gasteiger partial charge in [0.15, 0.2) is 5.15 Å². The van der Waals surface area contributed by atoms with Gasteiger partial charge in [0.1, 0.15) is 0 Å². The van der Waals surface area contributed by atoms with E-state index in [9.17, 15) is 4.79 Å². The van der Waals surface area contributed by atoms with Crippen LogP contribution >= 0.6 is 11.6 Å². The van der Waals surface area contributed by atoms with Crippen molar-refractivity contribution in [2.45, 2.75) is 13.3 Å². The summed E-state index contributed by atoms with van der Waals surface area (Å²) in [5.74, 6) is -0.0418. The summed E-state index contributed by atoms with van der Waals surface area (Å²) in [5, 5.41) is 6.50. The molecule has 104 valence electrons. The van der Waals surface area contributed by atoms with Crippen LogP contribution < -0.4 is 10.6 Å². The molecular weight excluding hydrogens is 264 g/mol. The van der Waals surface area contributed by atoms with Gasteiger partial charge < -0.3 is 10.6 Å². The number of carbonyl (C=O) groups is 1. The molecule has 2 heterocycles. The fourth-order valence-electron chi connectivity index (χ4n) is 2.12. The Balaban J connectivity index is 1.93. The number of pyridine rings is 1. The van der Waals surface area contributed by atoms with Gasteiger partial charge in [-0.2, -0.15) is 0 Å². The molecule has 1 aliphatic rings. The zero-order valence-corrected chi connectivity index (χ0v) is 11.8. The summed E-state index contributed by atoms with van der Waals surface area (Å²) in [6.07, 6.45) is 2.70. The Morgan fingerprint density at radius 3 is 3.16 bits per heavy atom. The van der Waals surface area contributed by atoms with E-state index in [0.717, 1.165) is 38.2 Å². The van der Waals surface area contributed by atoms with Crippen LogP contribution in [0.1, 0.15) is 12.0 Å². The van der Waals surface area contributed by atoms with E-state index in [1.165, 1.54) is 0 Å². The van der Waals surface area contributed by atoms with Gasteiger partial charge in [0.2, 0.25) is 5.91 Å². The van der Waals surface area contributed by atoms with Gasteiger partial charge in [-0.05, 0) is 38.1 Å². The molecule has 1 saturated heterocycles. The third-order valence-corrected chi connectivity index (χ3v) is 3.46. The summed E-state index contributed by atoms with van der Waals surface area (Å²) < 4.78 is 0. The number of nitrogens with one attached hydrogen (secondary N) is 2. The minimum absolute atomic E-state index is 0.0418. The number of amides is 1. The Morgan fingerprint density at radius 2 is 2.37 bits per heavy atom. The Morgan fingerprint density at radius 1 is 1.53 bits per heavy atom. The number of aryl methyl sites for hydroxylation is 1. The van der Waals surface area contributed by atoms with E-state index in [-0.39, 0.29) is 5.91 Å². The lowest BCUT2D eigenvalue weighted by molar-refractivity contribution is -0.117. The first-order chi connectivity index (χ1) is 9.16. The van der Waals surface area contributed by atoms with Crippen LogP contribution in [0, 0.1) is 6.92 Å². The molecule has 1 aromatic rings. The van der Waals surface area contributed by atoms with Crippen molar-refractivity contribution in [2.24, 2.45) is 0 Å². The number of hydrogen-bond donors (Lipinski definition) is 2. The topological polar surface area (TPSA) is 57.3 Å². The van der Waals surface area contributed by atoms with E-state index in [4.69, 9.17) is 11.6 Å². The normalized spacial score (nSPS) is 16.9. The molecule has 2 N–H and O–H groups in total. The van der Waals surface area contributed by atoms with Gasteiger partial charge in [-0.3, -0.25) is 9.69 Å². The number of aromatic nitrogens is 1. The Kier molecular flexibility index (Phi) is 5.13. The van der Waals surface area contributed by atoms with Gasteiger partial charge in [-0.25, -0.2) is 4.98 Å². The highest BCUT2D eigenvalue weighted by molar-refractivity contribution is 6.32. The summed E-state index contributed by atoms with van der Waals surface area (Å²) in [7, 11) is 0. The van der Waals surface area contributed by atoms with E-state index in [2.05, 4.69) is 20.5 Å². The third kappa shape index (κ3) is 4.16. The van der Waals surface area contributed by atoms with Crippen molar-refractivity contribution in [1.82, 2.24) is 15.2 Å². The molecular formula is C13H19ClN4O. The molecule has 0 aromatic carbocycles. The second-order valence-electron chi connectivity index (χ2n) is 4.72. The zero-order valence-electron chi connectivity index (χ0n) is 11.1. The SMILES string of the molecule is Cc1ccnc(Cl)c1NC(=O)CN1CCCNCC1. The highest BCUT2D eigenvalue weighted by Gasteiger charge is 2.14. The summed E-state index contributed by atoms with van der Waals surface area (Å²) in [5.41, 5.74) is 1.54. The van der Waals surface area contributed by atoms with Crippen LogP contribution in [0.15, 0.2) is 12.3 Å².